The number of carbonyl (C=O) groups excluding carboxylic acids is 3. The summed E-state index contributed by atoms with van der Waals surface area (Å²) in [7, 11) is 1.58. The molecule has 0 aliphatic carbocycles. The van der Waals surface area contributed by atoms with Gasteiger partial charge in [-0.2, -0.15) is 0 Å². The molecule has 1 unspecified atom stereocenters. The first-order chi connectivity index (χ1) is 16.4. The minimum atomic E-state index is -0.863. The van der Waals surface area contributed by atoms with Crippen LogP contribution in [0.3, 0.4) is 0 Å². The maximum absolute atomic E-state index is 12.5. The van der Waals surface area contributed by atoms with Crippen molar-refractivity contribution in [2.75, 3.05) is 26.8 Å². The van der Waals surface area contributed by atoms with E-state index in [0.29, 0.717) is 19.0 Å². The van der Waals surface area contributed by atoms with Gasteiger partial charge in [-0.05, 0) is 61.4 Å². The minimum Gasteiger partial charge on any atom is -0.497 e. The number of rotatable bonds is 9. The summed E-state index contributed by atoms with van der Waals surface area (Å²) in [6.07, 6.45) is 5.86. The Morgan fingerprint density at radius 1 is 1.06 bits per heavy atom. The highest BCUT2D eigenvalue weighted by atomic mass is 16.5. The molecule has 1 aliphatic rings. The topological polar surface area (TPSA) is 84.9 Å². The van der Waals surface area contributed by atoms with E-state index in [1.165, 1.54) is 18.6 Å². The summed E-state index contributed by atoms with van der Waals surface area (Å²) < 4.78 is 10.2. The molecule has 0 saturated carbocycles. The van der Waals surface area contributed by atoms with Gasteiger partial charge in [0.2, 0.25) is 5.91 Å². The molecular formula is C27H32N2O5. The summed E-state index contributed by atoms with van der Waals surface area (Å²) >= 11 is 0. The van der Waals surface area contributed by atoms with Crippen LogP contribution in [0.4, 0.5) is 0 Å². The fraction of sp³-hybridized carbons (Fsp3) is 0.370. The lowest BCUT2D eigenvalue weighted by molar-refractivity contribution is -0.154. The standard InChI is InChI=1S/C27H32N2O5/c1-20(28-25(30)13-10-21-8-11-24(33-2)12-9-21)27(32)34-19-26(31)29-16-14-23(15-17-29)18-22-6-4-3-5-7-22/h3-13,20,23H,14-19H2,1-2H3,(H,28,30). The highest BCUT2D eigenvalue weighted by molar-refractivity contribution is 5.94. The number of nitrogens with zero attached hydrogens (tertiary/aromatic N) is 1. The van der Waals surface area contributed by atoms with Crippen molar-refractivity contribution >= 4 is 23.9 Å². The van der Waals surface area contributed by atoms with Crippen LogP contribution >= 0.6 is 0 Å². The third-order valence-electron chi connectivity index (χ3n) is 5.93. The van der Waals surface area contributed by atoms with Crippen LogP contribution in [0.25, 0.3) is 6.08 Å². The number of nitrogens with one attached hydrogen (secondary N) is 1. The van der Waals surface area contributed by atoms with Crippen molar-refractivity contribution < 1.29 is 23.9 Å². The van der Waals surface area contributed by atoms with Crippen LogP contribution < -0.4 is 10.1 Å². The van der Waals surface area contributed by atoms with Crippen molar-refractivity contribution in [2.24, 2.45) is 5.92 Å². The number of hydrogen-bond acceptors (Lipinski definition) is 5. The maximum atomic E-state index is 12.5. The zero-order valence-corrected chi connectivity index (χ0v) is 19.7. The van der Waals surface area contributed by atoms with Gasteiger partial charge in [0.1, 0.15) is 11.8 Å². The van der Waals surface area contributed by atoms with Crippen LogP contribution in [-0.2, 0) is 25.5 Å². The average molecular weight is 465 g/mol. The van der Waals surface area contributed by atoms with Gasteiger partial charge in [-0.3, -0.25) is 9.59 Å². The van der Waals surface area contributed by atoms with Crippen molar-refractivity contribution in [1.82, 2.24) is 10.2 Å². The van der Waals surface area contributed by atoms with Gasteiger partial charge in [0, 0.05) is 19.2 Å². The fourth-order valence-corrected chi connectivity index (χ4v) is 3.89. The van der Waals surface area contributed by atoms with E-state index < -0.39 is 17.9 Å². The molecule has 180 valence electrons. The highest BCUT2D eigenvalue weighted by Gasteiger charge is 2.24. The van der Waals surface area contributed by atoms with E-state index in [4.69, 9.17) is 9.47 Å². The van der Waals surface area contributed by atoms with E-state index >= 15 is 0 Å². The number of likely N-dealkylation sites (tertiary alicyclic amines) is 1. The summed E-state index contributed by atoms with van der Waals surface area (Å²) in [5.41, 5.74) is 2.14. The van der Waals surface area contributed by atoms with Crippen LogP contribution in [-0.4, -0.2) is 55.5 Å². The number of piperidine rings is 1. The molecule has 1 heterocycles. The number of methoxy groups -OCH3 is 1. The summed E-state index contributed by atoms with van der Waals surface area (Å²) in [5.74, 6) is 0.00862. The van der Waals surface area contributed by atoms with E-state index in [9.17, 15) is 14.4 Å². The van der Waals surface area contributed by atoms with Crippen molar-refractivity contribution in [3.05, 3.63) is 71.8 Å². The predicted octanol–water partition coefficient (Wildman–Crippen LogP) is 3.24. The monoisotopic (exact) mass is 464 g/mol. The predicted molar refractivity (Wildman–Crippen MR) is 130 cm³/mol. The average Bonchev–Trinajstić information content (AvgIpc) is 2.87. The van der Waals surface area contributed by atoms with Gasteiger partial charge in [0.05, 0.1) is 7.11 Å². The van der Waals surface area contributed by atoms with Crippen LogP contribution in [0.15, 0.2) is 60.7 Å². The molecule has 0 bridgehead atoms. The van der Waals surface area contributed by atoms with Crippen LogP contribution in [0.2, 0.25) is 0 Å². The van der Waals surface area contributed by atoms with Crippen molar-refractivity contribution in [3.63, 3.8) is 0 Å². The van der Waals surface area contributed by atoms with E-state index in [2.05, 4.69) is 17.4 Å². The normalized spacial score (nSPS) is 15.1. The quantitative estimate of drug-likeness (QED) is 0.455. The Labute approximate surface area is 200 Å². The second-order valence-electron chi connectivity index (χ2n) is 8.46. The molecule has 1 N–H and O–H groups in total. The summed E-state index contributed by atoms with van der Waals surface area (Å²) in [6.45, 7) is 2.54. The first kappa shape index (κ1) is 25.0. The largest absolute Gasteiger partial charge is 0.497 e. The van der Waals surface area contributed by atoms with E-state index in [-0.39, 0.29) is 12.5 Å². The molecular weight excluding hydrogens is 432 g/mol. The molecule has 1 fully saturated rings. The molecule has 0 radical (unpaired) electrons. The van der Waals surface area contributed by atoms with Gasteiger partial charge in [0.25, 0.3) is 5.91 Å². The van der Waals surface area contributed by atoms with Crippen LogP contribution in [0.1, 0.15) is 30.9 Å². The highest BCUT2D eigenvalue weighted by Crippen LogP contribution is 2.21. The molecule has 1 atom stereocenters. The third-order valence-corrected chi connectivity index (χ3v) is 5.93. The van der Waals surface area contributed by atoms with E-state index in [1.807, 2.05) is 30.3 Å². The minimum absolute atomic E-state index is 0.204. The molecule has 2 aromatic rings. The Balaban J connectivity index is 1.35. The molecule has 2 amide bonds. The second kappa shape index (κ2) is 12.6. The van der Waals surface area contributed by atoms with Gasteiger partial charge in [-0.15, -0.1) is 0 Å². The first-order valence-corrected chi connectivity index (χ1v) is 11.6. The molecule has 0 spiro atoms. The van der Waals surface area contributed by atoms with Gasteiger partial charge >= 0.3 is 5.97 Å². The summed E-state index contributed by atoms with van der Waals surface area (Å²) in [4.78, 5) is 38.5. The van der Waals surface area contributed by atoms with Crippen molar-refractivity contribution in [2.45, 2.75) is 32.2 Å². The first-order valence-electron chi connectivity index (χ1n) is 11.6. The Bertz CT molecular complexity index is 980. The SMILES string of the molecule is COc1ccc(C=CC(=O)NC(C)C(=O)OCC(=O)N2CCC(Cc3ccccc3)CC2)cc1. The number of benzene rings is 2. The Morgan fingerprint density at radius 3 is 2.38 bits per heavy atom. The second-order valence-corrected chi connectivity index (χ2v) is 8.46. The zero-order valence-electron chi connectivity index (χ0n) is 19.7. The molecule has 2 aromatic carbocycles. The van der Waals surface area contributed by atoms with Gasteiger partial charge in [-0.1, -0.05) is 42.5 Å². The number of esters is 1. The van der Waals surface area contributed by atoms with Gasteiger partial charge in [-0.25, -0.2) is 4.79 Å². The lowest BCUT2D eigenvalue weighted by atomic mass is 9.90. The molecule has 7 heteroatoms. The molecule has 3 rings (SSSR count). The van der Waals surface area contributed by atoms with E-state index in [0.717, 1.165) is 30.6 Å². The number of hydrogen-bond donors (Lipinski definition) is 1. The lowest BCUT2D eigenvalue weighted by Gasteiger charge is -2.32. The Hall–Kier alpha value is -3.61. The smallest absolute Gasteiger partial charge is 0.328 e. The Morgan fingerprint density at radius 2 is 1.74 bits per heavy atom. The molecule has 1 aliphatic heterocycles. The number of ether oxygens (including phenoxy) is 2. The molecule has 1 saturated heterocycles. The van der Waals surface area contributed by atoms with Crippen LogP contribution in [0.5, 0.6) is 5.75 Å². The van der Waals surface area contributed by atoms with E-state index in [1.54, 1.807) is 30.2 Å². The van der Waals surface area contributed by atoms with Crippen LogP contribution in [0, 0.1) is 5.92 Å². The zero-order chi connectivity index (χ0) is 24.3. The lowest BCUT2D eigenvalue weighted by Crippen LogP contribution is -2.43. The molecule has 0 aromatic heterocycles. The molecule has 34 heavy (non-hydrogen) atoms. The van der Waals surface area contributed by atoms with Crippen molar-refractivity contribution in [3.8, 4) is 5.75 Å². The number of carbonyl (C=O) groups is 3. The maximum Gasteiger partial charge on any atom is 0.328 e. The van der Waals surface area contributed by atoms with Crippen molar-refractivity contribution in [1.29, 1.82) is 0 Å². The molecule has 7 nitrogen and oxygen atoms in total. The number of amides is 2. The van der Waals surface area contributed by atoms with Gasteiger partial charge in [0.15, 0.2) is 6.61 Å². The Kier molecular flexibility index (Phi) is 9.26. The summed E-state index contributed by atoms with van der Waals surface area (Å²) in [5, 5.41) is 2.55. The third kappa shape index (κ3) is 7.76. The van der Waals surface area contributed by atoms with Gasteiger partial charge < -0.3 is 19.7 Å². The summed E-state index contributed by atoms with van der Waals surface area (Å²) in [6, 6.07) is 16.7. The fourth-order valence-electron chi connectivity index (χ4n) is 3.89.